The Kier molecular flexibility index (Phi) is 6.81. The minimum atomic E-state index is -2.05. The molecule has 4 aromatic rings. The molecule has 0 aliphatic carbocycles. The van der Waals surface area contributed by atoms with Gasteiger partial charge in [-0.3, -0.25) is 4.79 Å². The molecule has 1 aromatic heterocycles. The van der Waals surface area contributed by atoms with Crippen LogP contribution in [0.1, 0.15) is 0 Å². The number of fused-ring (bicyclic) bond motifs is 1. The number of hydrogen-bond donors (Lipinski definition) is 2. The van der Waals surface area contributed by atoms with Gasteiger partial charge in [-0.1, -0.05) is 64.6 Å². The number of ether oxygens (including phenoxy) is 1. The van der Waals surface area contributed by atoms with Crippen LogP contribution in [0, 0.1) is 0 Å². The molecule has 4 rings (SSSR count). The number of halogens is 4. The van der Waals surface area contributed by atoms with Crippen molar-refractivity contribution in [2.24, 2.45) is 0 Å². The third-order valence-electron chi connectivity index (χ3n) is 4.76. The van der Waals surface area contributed by atoms with Crippen molar-refractivity contribution in [1.29, 1.82) is 0 Å². The fourth-order valence-electron chi connectivity index (χ4n) is 3.20. The molecule has 0 saturated heterocycles. The molecule has 1 heterocycles. The van der Waals surface area contributed by atoms with Crippen molar-refractivity contribution in [3.8, 4) is 16.9 Å². The molecular formula is C23H16Cl4N4O2. The van der Waals surface area contributed by atoms with Crippen molar-refractivity contribution < 1.29 is 9.53 Å². The van der Waals surface area contributed by atoms with Gasteiger partial charge in [0.1, 0.15) is 17.9 Å². The molecule has 0 saturated carbocycles. The second kappa shape index (κ2) is 9.61. The average molecular weight is 522 g/mol. The highest BCUT2D eigenvalue weighted by atomic mass is 35.6. The molecule has 33 heavy (non-hydrogen) atoms. The molecule has 0 spiro atoms. The highest BCUT2D eigenvalue weighted by Crippen LogP contribution is 2.33. The van der Waals surface area contributed by atoms with Gasteiger partial charge in [-0.05, 0) is 53.6 Å². The lowest BCUT2D eigenvalue weighted by Gasteiger charge is -2.13. The van der Waals surface area contributed by atoms with E-state index in [1.165, 1.54) is 6.33 Å². The van der Waals surface area contributed by atoms with E-state index in [0.717, 1.165) is 27.7 Å². The Labute approximate surface area is 209 Å². The van der Waals surface area contributed by atoms with Gasteiger partial charge in [-0.25, -0.2) is 9.97 Å². The van der Waals surface area contributed by atoms with E-state index in [0.29, 0.717) is 22.3 Å². The fraction of sp³-hybridized carbons (Fsp3) is 0.0870. The summed E-state index contributed by atoms with van der Waals surface area (Å²) in [6, 6.07) is 18.4. The number of nitrogens with one attached hydrogen (secondary N) is 2. The molecule has 0 aliphatic rings. The fourth-order valence-corrected chi connectivity index (χ4v) is 3.59. The van der Waals surface area contributed by atoms with Gasteiger partial charge in [0.15, 0.2) is 0 Å². The Morgan fingerprint density at radius 2 is 1.73 bits per heavy atom. The van der Waals surface area contributed by atoms with Gasteiger partial charge in [0.25, 0.3) is 9.70 Å². The van der Waals surface area contributed by atoms with Crippen molar-refractivity contribution in [1.82, 2.24) is 9.97 Å². The van der Waals surface area contributed by atoms with E-state index in [4.69, 9.17) is 51.1 Å². The Morgan fingerprint density at radius 1 is 0.939 bits per heavy atom. The highest BCUT2D eigenvalue weighted by molar-refractivity contribution is 6.76. The first-order valence-electron chi connectivity index (χ1n) is 9.58. The van der Waals surface area contributed by atoms with Crippen molar-refractivity contribution in [3.05, 3.63) is 72.0 Å². The zero-order chi connectivity index (χ0) is 23.6. The van der Waals surface area contributed by atoms with Crippen LogP contribution in [-0.4, -0.2) is 26.8 Å². The van der Waals surface area contributed by atoms with Gasteiger partial charge in [-0.2, -0.15) is 0 Å². The van der Waals surface area contributed by atoms with Gasteiger partial charge < -0.3 is 15.4 Å². The van der Waals surface area contributed by atoms with Crippen LogP contribution >= 0.6 is 46.4 Å². The van der Waals surface area contributed by atoms with Crippen molar-refractivity contribution in [2.75, 3.05) is 17.7 Å². The number of hydrogen-bond acceptors (Lipinski definition) is 5. The Bertz CT molecular complexity index is 1340. The van der Waals surface area contributed by atoms with E-state index in [1.54, 1.807) is 37.4 Å². The normalized spacial score (nSPS) is 11.3. The molecular weight excluding hydrogens is 506 g/mol. The predicted octanol–water partition coefficient (Wildman–Crippen LogP) is 7.01. The first-order valence-corrected chi connectivity index (χ1v) is 11.1. The van der Waals surface area contributed by atoms with E-state index in [-0.39, 0.29) is 0 Å². The maximum absolute atomic E-state index is 12.0. The number of methoxy groups -OCH3 is 1. The van der Waals surface area contributed by atoms with Crippen LogP contribution in [0.5, 0.6) is 5.75 Å². The molecule has 1 amide bonds. The van der Waals surface area contributed by atoms with E-state index in [1.807, 2.05) is 30.3 Å². The summed E-state index contributed by atoms with van der Waals surface area (Å²) in [4.78, 5) is 20.7. The molecule has 0 fully saturated rings. The van der Waals surface area contributed by atoms with E-state index in [9.17, 15) is 4.79 Å². The number of alkyl halides is 3. The molecule has 0 aliphatic heterocycles. The minimum Gasteiger partial charge on any atom is -0.495 e. The number of anilines is 3. The lowest BCUT2D eigenvalue weighted by molar-refractivity contribution is -0.115. The first-order chi connectivity index (χ1) is 15.7. The summed E-state index contributed by atoms with van der Waals surface area (Å²) in [6.45, 7) is 0. The van der Waals surface area contributed by atoms with Crippen LogP contribution in [0.15, 0.2) is 67.0 Å². The SMILES string of the molecule is COc1ccc(Nc2ncnc3ccc(-c4cccc(NC(=O)C(Cl)(Cl)Cl)c4)cc23)cc1Cl. The van der Waals surface area contributed by atoms with Crippen molar-refractivity contribution in [3.63, 3.8) is 0 Å². The molecule has 6 nitrogen and oxygen atoms in total. The summed E-state index contributed by atoms with van der Waals surface area (Å²) < 4.78 is 3.15. The molecule has 168 valence electrons. The zero-order valence-electron chi connectivity index (χ0n) is 17.1. The van der Waals surface area contributed by atoms with Gasteiger partial charge in [0.2, 0.25) is 0 Å². The molecule has 2 N–H and O–H groups in total. The summed E-state index contributed by atoms with van der Waals surface area (Å²) in [6.07, 6.45) is 1.49. The third-order valence-corrected chi connectivity index (χ3v) is 5.57. The van der Waals surface area contributed by atoms with Crippen LogP contribution in [0.2, 0.25) is 5.02 Å². The monoisotopic (exact) mass is 520 g/mol. The van der Waals surface area contributed by atoms with E-state index in [2.05, 4.69) is 20.6 Å². The van der Waals surface area contributed by atoms with Crippen LogP contribution in [0.4, 0.5) is 17.2 Å². The maximum atomic E-state index is 12.0. The topological polar surface area (TPSA) is 76.1 Å². The smallest absolute Gasteiger partial charge is 0.276 e. The van der Waals surface area contributed by atoms with E-state index < -0.39 is 9.70 Å². The Morgan fingerprint density at radius 3 is 2.45 bits per heavy atom. The highest BCUT2D eigenvalue weighted by Gasteiger charge is 2.30. The molecule has 0 unspecified atom stereocenters. The van der Waals surface area contributed by atoms with Crippen LogP contribution in [-0.2, 0) is 4.79 Å². The summed E-state index contributed by atoms with van der Waals surface area (Å²) in [5.74, 6) is 0.462. The Hall–Kier alpha value is -2.77. The molecule has 10 heteroatoms. The van der Waals surface area contributed by atoms with Crippen LogP contribution in [0.25, 0.3) is 22.0 Å². The number of nitrogens with zero attached hydrogens (tertiary/aromatic N) is 2. The first kappa shape index (κ1) is 23.4. The van der Waals surface area contributed by atoms with Gasteiger partial charge >= 0.3 is 0 Å². The summed E-state index contributed by atoms with van der Waals surface area (Å²) >= 11 is 23.2. The van der Waals surface area contributed by atoms with Crippen LogP contribution in [0.3, 0.4) is 0 Å². The minimum absolute atomic E-state index is 0.482. The average Bonchev–Trinajstić information content (AvgIpc) is 2.79. The van der Waals surface area contributed by atoms with Crippen molar-refractivity contribution in [2.45, 2.75) is 3.79 Å². The number of carbonyl (C=O) groups excluding carboxylic acids is 1. The third kappa shape index (κ3) is 5.42. The number of carbonyl (C=O) groups is 1. The lowest BCUT2D eigenvalue weighted by Crippen LogP contribution is -2.26. The maximum Gasteiger partial charge on any atom is 0.276 e. The predicted molar refractivity (Wildman–Crippen MR) is 135 cm³/mol. The standard InChI is InChI=1S/C23H16Cl4N4O2/c1-33-20-8-6-16(11-18(20)24)30-21-17-10-14(5-7-19(17)28-12-29-21)13-3-2-4-15(9-13)31-22(32)23(25,26)27/h2-12H,1H3,(H,31,32)(H,28,29,30). The molecule has 0 radical (unpaired) electrons. The van der Waals surface area contributed by atoms with E-state index >= 15 is 0 Å². The second-order valence-corrected chi connectivity index (χ2v) is 9.65. The number of aromatic nitrogens is 2. The lowest BCUT2D eigenvalue weighted by atomic mass is 10.0. The molecule has 3 aromatic carbocycles. The van der Waals surface area contributed by atoms with Crippen LogP contribution < -0.4 is 15.4 Å². The number of amides is 1. The van der Waals surface area contributed by atoms with Gasteiger partial charge in [0.05, 0.1) is 17.6 Å². The summed E-state index contributed by atoms with van der Waals surface area (Å²) in [7, 11) is 1.56. The number of benzene rings is 3. The quantitative estimate of drug-likeness (QED) is 0.276. The van der Waals surface area contributed by atoms with Crippen molar-refractivity contribution >= 4 is 80.4 Å². The molecule has 0 atom stereocenters. The zero-order valence-corrected chi connectivity index (χ0v) is 20.1. The van der Waals surface area contributed by atoms with Gasteiger partial charge in [0, 0.05) is 16.8 Å². The summed E-state index contributed by atoms with van der Waals surface area (Å²) in [5.41, 5.74) is 3.75. The largest absolute Gasteiger partial charge is 0.495 e. The molecule has 0 bridgehead atoms. The Balaban J connectivity index is 1.68. The second-order valence-electron chi connectivity index (χ2n) is 6.96. The van der Waals surface area contributed by atoms with Gasteiger partial charge in [-0.15, -0.1) is 0 Å². The summed E-state index contributed by atoms with van der Waals surface area (Å²) in [5, 5.41) is 7.16. The number of rotatable bonds is 5.